The number of hydrogen-bond acceptors (Lipinski definition) is 4. The van der Waals surface area contributed by atoms with Crippen molar-refractivity contribution in [2.75, 3.05) is 25.6 Å². The van der Waals surface area contributed by atoms with Crippen molar-refractivity contribution in [1.29, 1.82) is 5.26 Å². The maximum absolute atomic E-state index is 12.3. The third kappa shape index (κ3) is 3.70. The van der Waals surface area contributed by atoms with E-state index in [9.17, 15) is 18.5 Å². The molecule has 0 bridgehead atoms. The molecule has 5 nitrogen and oxygen atoms in total. The van der Waals surface area contributed by atoms with E-state index in [0.29, 0.717) is 12.8 Å². The Hall–Kier alpha value is -1.09. The van der Waals surface area contributed by atoms with Crippen molar-refractivity contribution in [1.82, 2.24) is 4.90 Å². The van der Waals surface area contributed by atoms with E-state index in [0.717, 1.165) is 25.5 Å². The van der Waals surface area contributed by atoms with Crippen molar-refractivity contribution < 1.29 is 13.2 Å². The first kappa shape index (κ1) is 15.0. The van der Waals surface area contributed by atoms with Gasteiger partial charge in [0, 0.05) is 19.8 Å². The summed E-state index contributed by atoms with van der Waals surface area (Å²) in [5, 5.41) is 9.27. The lowest BCUT2D eigenvalue weighted by Crippen LogP contribution is -2.44. The van der Waals surface area contributed by atoms with Gasteiger partial charge in [-0.1, -0.05) is 19.3 Å². The van der Waals surface area contributed by atoms with Crippen molar-refractivity contribution in [3.8, 4) is 6.07 Å². The summed E-state index contributed by atoms with van der Waals surface area (Å²) >= 11 is 0. The van der Waals surface area contributed by atoms with Crippen molar-refractivity contribution >= 4 is 15.7 Å². The van der Waals surface area contributed by atoms with Crippen molar-refractivity contribution in [3.05, 3.63) is 0 Å². The number of nitrogens with zero attached hydrogens (tertiary/aromatic N) is 2. The lowest BCUT2D eigenvalue weighted by molar-refractivity contribution is -0.138. The SMILES string of the molecule is CN(CCS(C)(=O)=O)C(=O)C1(C#N)CCCCC1. The Labute approximate surface area is 109 Å². The van der Waals surface area contributed by atoms with Crippen LogP contribution in [0.1, 0.15) is 32.1 Å². The fraction of sp³-hybridized carbons (Fsp3) is 0.833. The van der Waals surface area contributed by atoms with Crippen LogP contribution < -0.4 is 0 Å². The minimum absolute atomic E-state index is 0.0588. The summed E-state index contributed by atoms with van der Waals surface area (Å²) in [6, 6.07) is 2.15. The predicted molar refractivity (Wildman–Crippen MR) is 68.5 cm³/mol. The average Bonchev–Trinajstić information content (AvgIpc) is 2.35. The molecule has 0 unspecified atom stereocenters. The molecule has 0 saturated heterocycles. The van der Waals surface area contributed by atoms with Gasteiger partial charge in [0.1, 0.15) is 15.3 Å². The molecule has 1 amide bonds. The van der Waals surface area contributed by atoms with E-state index in [1.54, 1.807) is 7.05 Å². The summed E-state index contributed by atoms with van der Waals surface area (Å²) in [6.45, 7) is 0.154. The fourth-order valence-electron chi connectivity index (χ4n) is 2.30. The average molecular weight is 272 g/mol. The van der Waals surface area contributed by atoms with Crippen LogP contribution in [0.15, 0.2) is 0 Å². The zero-order chi connectivity index (χ0) is 13.8. The van der Waals surface area contributed by atoms with Crippen LogP contribution in [0.2, 0.25) is 0 Å². The molecule has 0 heterocycles. The van der Waals surface area contributed by atoms with E-state index < -0.39 is 15.3 Å². The van der Waals surface area contributed by atoms with E-state index in [2.05, 4.69) is 6.07 Å². The van der Waals surface area contributed by atoms with Crippen LogP contribution in [-0.4, -0.2) is 44.8 Å². The van der Waals surface area contributed by atoms with E-state index >= 15 is 0 Å². The molecule has 0 radical (unpaired) electrons. The van der Waals surface area contributed by atoms with Crippen molar-refractivity contribution in [2.45, 2.75) is 32.1 Å². The summed E-state index contributed by atoms with van der Waals surface area (Å²) in [6.07, 6.45) is 5.16. The summed E-state index contributed by atoms with van der Waals surface area (Å²) in [5.74, 6) is -0.287. The van der Waals surface area contributed by atoms with Gasteiger partial charge in [0.2, 0.25) is 5.91 Å². The Morgan fingerprint density at radius 1 is 1.33 bits per heavy atom. The van der Waals surface area contributed by atoms with Gasteiger partial charge < -0.3 is 4.90 Å². The number of hydrogen-bond donors (Lipinski definition) is 0. The third-order valence-electron chi connectivity index (χ3n) is 3.47. The number of nitriles is 1. The number of carbonyl (C=O) groups is 1. The van der Waals surface area contributed by atoms with Gasteiger partial charge in [0.25, 0.3) is 0 Å². The highest BCUT2D eigenvalue weighted by Crippen LogP contribution is 2.37. The smallest absolute Gasteiger partial charge is 0.242 e. The first-order valence-electron chi connectivity index (χ1n) is 6.15. The van der Waals surface area contributed by atoms with Gasteiger partial charge in [-0.15, -0.1) is 0 Å². The first-order valence-corrected chi connectivity index (χ1v) is 8.21. The summed E-state index contributed by atoms with van der Waals surface area (Å²) < 4.78 is 22.2. The molecule has 0 aromatic heterocycles. The zero-order valence-corrected chi connectivity index (χ0v) is 11.8. The van der Waals surface area contributed by atoms with Crippen LogP contribution in [0.3, 0.4) is 0 Å². The monoisotopic (exact) mass is 272 g/mol. The number of sulfone groups is 1. The molecule has 0 aliphatic heterocycles. The second kappa shape index (κ2) is 5.70. The van der Waals surface area contributed by atoms with E-state index in [4.69, 9.17) is 0 Å². The van der Waals surface area contributed by atoms with E-state index in [1.165, 1.54) is 4.90 Å². The van der Waals surface area contributed by atoms with Gasteiger partial charge in [-0.25, -0.2) is 8.42 Å². The molecule has 0 aromatic rings. The largest absolute Gasteiger partial charge is 0.343 e. The minimum Gasteiger partial charge on any atom is -0.343 e. The molecule has 1 fully saturated rings. The van der Waals surface area contributed by atoms with E-state index in [1.807, 2.05) is 0 Å². The molecule has 1 aliphatic carbocycles. The molecule has 0 spiro atoms. The molecule has 0 N–H and O–H groups in total. The van der Waals surface area contributed by atoms with Crippen LogP contribution in [0.25, 0.3) is 0 Å². The highest BCUT2D eigenvalue weighted by atomic mass is 32.2. The third-order valence-corrected chi connectivity index (χ3v) is 4.40. The van der Waals surface area contributed by atoms with Crippen LogP contribution >= 0.6 is 0 Å². The summed E-state index contributed by atoms with van der Waals surface area (Å²) in [5.41, 5.74) is -0.926. The van der Waals surface area contributed by atoms with Gasteiger partial charge in [-0.05, 0) is 12.8 Å². The second-order valence-electron chi connectivity index (χ2n) is 5.11. The van der Waals surface area contributed by atoms with Crippen LogP contribution in [0, 0.1) is 16.7 Å². The molecular formula is C12H20N2O3S. The topological polar surface area (TPSA) is 78.2 Å². The molecule has 102 valence electrons. The molecule has 18 heavy (non-hydrogen) atoms. The Bertz CT molecular complexity index is 444. The first-order chi connectivity index (χ1) is 8.31. The number of carbonyl (C=O) groups excluding carboxylic acids is 1. The molecule has 1 saturated carbocycles. The summed E-state index contributed by atoms with van der Waals surface area (Å²) in [7, 11) is -1.52. The standard InChI is InChI=1S/C12H20N2O3S/c1-14(8-9-18(2,16)17)11(15)12(10-13)6-4-3-5-7-12/h3-9H2,1-2H3. The molecule has 1 aliphatic rings. The van der Waals surface area contributed by atoms with Crippen molar-refractivity contribution in [2.24, 2.45) is 5.41 Å². The van der Waals surface area contributed by atoms with E-state index in [-0.39, 0.29) is 18.2 Å². The predicted octanol–water partition coefficient (Wildman–Crippen LogP) is 0.963. The van der Waals surface area contributed by atoms with Crippen LogP contribution in [0.4, 0.5) is 0 Å². The van der Waals surface area contributed by atoms with Gasteiger partial charge in [-0.2, -0.15) is 5.26 Å². The maximum Gasteiger partial charge on any atom is 0.242 e. The second-order valence-corrected chi connectivity index (χ2v) is 7.37. The number of rotatable bonds is 4. The van der Waals surface area contributed by atoms with Crippen LogP contribution in [-0.2, 0) is 14.6 Å². The quantitative estimate of drug-likeness (QED) is 0.763. The minimum atomic E-state index is -3.09. The lowest BCUT2D eigenvalue weighted by Gasteiger charge is -2.33. The maximum atomic E-state index is 12.3. The normalized spacial score (nSPS) is 18.9. The van der Waals surface area contributed by atoms with Gasteiger partial charge in [0.05, 0.1) is 11.8 Å². The number of amides is 1. The molecule has 6 heteroatoms. The molecule has 0 atom stereocenters. The molecule has 1 rings (SSSR count). The lowest BCUT2D eigenvalue weighted by atomic mass is 9.74. The van der Waals surface area contributed by atoms with Crippen LogP contribution in [0.5, 0.6) is 0 Å². The Balaban J connectivity index is 2.70. The highest BCUT2D eigenvalue weighted by Gasteiger charge is 2.41. The van der Waals surface area contributed by atoms with Crippen molar-refractivity contribution in [3.63, 3.8) is 0 Å². The van der Waals surface area contributed by atoms with Gasteiger partial charge in [-0.3, -0.25) is 4.79 Å². The van der Waals surface area contributed by atoms with Gasteiger partial charge >= 0.3 is 0 Å². The Morgan fingerprint density at radius 2 is 1.89 bits per heavy atom. The van der Waals surface area contributed by atoms with Gasteiger partial charge in [0.15, 0.2) is 0 Å². The zero-order valence-electron chi connectivity index (χ0n) is 11.0. The molecule has 0 aromatic carbocycles. The summed E-state index contributed by atoms with van der Waals surface area (Å²) in [4.78, 5) is 13.7. The molecular weight excluding hydrogens is 252 g/mol. The Kier molecular flexibility index (Phi) is 4.74. The highest BCUT2D eigenvalue weighted by molar-refractivity contribution is 7.90. The Morgan fingerprint density at radius 3 is 2.33 bits per heavy atom. The fourth-order valence-corrected chi connectivity index (χ4v) is 2.90.